The van der Waals surface area contributed by atoms with Crippen molar-refractivity contribution in [2.75, 3.05) is 19.5 Å². The van der Waals surface area contributed by atoms with Crippen molar-refractivity contribution in [3.8, 4) is 11.5 Å². The minimum atomic E-state index is -0.374. The summed E-state index contributed by atoms with van der Waals surface area (Å²) in [6.45, 7) is 4.51. The van der Waals surface area contributed by atoms with Crippen LogP contribution in [0.1, 0.15) is 50.9 Å². The average Bonchev–Trinajstić information content (AvgIpc) is 3.30. The Morgan fingerprint density at radius 1 is 0.943 bits per heavy atom. The van der Waals surface area contributed by atoms with Crippen molar-refractivity contribution in [1.29, 1.82) is 0 Å². The third-order valence-corrected chi connectivity index (χ3v) is 6.72. The number of anilines is 1. The zero-order valence-electron chi connectivity index (χ0n) is 20.1. The van der Waals surface area contributed by atoms with E-state index in [0.29, 0.717) is 27.8 Å². The van der Waals surface area contributed by atoms with Gasteiger partial charge in [-0.15, -0.1) is 11.3 Å². The lowest BCUT2D eigenvalue weighted by Gasteiger charge is -2.16. The number of carbonyl (C=O) groups excluding carboxylic acids is 2. The third-order valence-electron chi connectivity index (χ3n) is 5.63. The molecule has 1 heterocycles. The highest BCUT2D eigenvalue weighted by molar-refractivity contribution is 7.20. The number of hydrogen-bond acceptors (Lipinski definition) is 6. The summed E-state index contributed by atoms with van der Waals surface area (Å²) in [6.07, 6.45) is 0. The van der Waals surface area contributed by atoms with Crippen LogP contribution in [0.25, 0.3) is 10.1 Å². The van der Waals surface area contributed by atoms with Crippen LogP contribution in [0.4, 0.5) is 5.69 Å². The number of amides is 1. The quantitative estimate of drug-likeness (QED) is 0.281. The Kier molecular flexibility index (Phi) is 7.36. The number of carbonyl (C=O) groups is 2. The first kappa shape index (κ1) is 24.3. The first-order valence-electron chi connectivity index (χ1n) is 11.2. The Morgan fingerprint density at radius 2 is 1.74 bits per heavy atom. The van der Waals surface area contributed by atoms with Gasteiger partial charge in [-0.25, -0.2) is 4.79 Å². The normalized spacial score (nSPS) is 10.9. The van der Waals surface area contributed by atoms with Crippen molar-refractivity contribution in [3.63, 3.8) is 0 Å². The Morgan fingerprint density at radius 3 is 2.49 bits per heavy atom. The van der Waals surface area contributed by atoms with E-state index in [1.165, 1.54) is 18.4 Å². The monoisotopic (exact) mass is 489 g/mol. The topological polar surface area (TPSA) is 73.9 Å². The summed E-state index contributed by atoms with van der Waals surface area (Å²) in [5, 5.41) is 3.80. The summed E-state index contributed by atoms with van der Waals surface area (Å²) in [5.74, 6) is 1.17. The highest BCUT2D eigenvalue weighted by atomic mass is 32.1. The number of hydrogen-bond donors (Lipinski definition) is 1. The Bertz CT molecular complexity index is 1380. The second-order valence-electron chi connectivity index (χ2n) is 8.32. The number of rotatable bonds is 8. The van der Waals surface area contributed by atoms with Crippen molar-refractivity contribution in [2.24, 2.45) is 0 Å². The van der Waals surface area contributed by atoms with Crippen LogP contribution in [0.2, 0.25) is 0 Å². The molecule has 180 valence electrons. The summed E-state index contributed by atoms with van der Waals surface area (Å²) in [7, 11) is 2.95. The number of nitrogens with one attached hydrogen (secondary N) is 1. The first-order valence-corrected chi connectivity index (χ1v) is 12.0. The number of fused-ring (bicyclic) bond motifs is 1. The van der Waals surface area contributed by atoms with E-state index >= 15 is 0 Å². The summed E-state index contributed by atoms with van der Waals surface area (Å²) in [6, 6.07) is 20.5. The zero-order valence-corrected chi connectivity index (χ0v) is 20.9. The van der Waals surface area contributed by atoms with Crippen molar-refractivity contribution in [2.45, 2.75) is 26.4 Å². The minimum absolute atomic E-state index is 0.251. The summed E-state index contributed by atoms with van der Waals surface area (Å²) in [4.78, 5) is 25.3. The van der Waals surface area contributed by atoms with Gasteiger partial charge in [-0.1, -0.05) is 32.0 Å². The maximum absolute atomic E-state index is 13.0. The van der Waals surface area contributed by atoms with E-state index < -0.39 is 0 Å². The fraction of sp³-hybridized carbons (Fsp3) is 0.214. The third kappa shape index (κ3) is 5.46. The molecule has 35 heavy (non-hydrogen) atoms. The predicted molar refractivity (Wildman–Crippen MR) is 139 cm³/mol. The predicted octanol–water partition coefficient (Wildman–Crippen LogP) is 6.65. The molecule has 7 heteroatoms. The Hall–Kier alpha value is -3.84. The van der Waals surface area contributed by atoms with Crippen LogP contribution in [0.15, 0.2) is 66.7 Å². The Labute approximate surface area is 208 Å². The molecule has 0 aliphatic rings. The van der Waals surface area contributed by atoms with Gasteiger partial charge in [-0.3, -0.25) is 4.79 Å². The van der Waals surface area contributed by atoms with Crippen LogP contribution in [-0.2, 0) is 11.3 Å². The van der Waals surface area contributed by atoms with E-state index in [1.807, 2.05) is 36.4 Å². The van der Waals surface area contributed by atoms with Crippen LogP contribution >= 0.6 is 11.3 Å². The van der Waals surface area contributed by atoms with E-state index in [9.17, 15) is 9.59 Å². The maximum atomic E-state index is 13.0. The molecular weight excluding hydrogens is 462 g/mol. The molecule has 0 saturated carbocycles. The standard InChI is InChI=1S/C28H27NO5S/c1-17(2)22-7-5-6-8-24(22)34-16-20-13-18(9-11-23(20)32-3)27(30)29-21-10-12-25-19(14-21)15-26(35-25)28(31)33-4/h5-15,17H,16H2,1-4H3,(H,29,30). The first-order chi connectivity index (χ1) is 16.9. The second-order valence-corrected chi connectivity index (χ2v) is 9.40. The van der Waals surface area contributed by atoms with E-state index in [1.54, 1.807) is 31.4 Å². The molecule has 0 aliphatic carbocycles. The lowest BCUT2D eigenvalue weighted by atomic mass is 10.0. The summed E-state index contributed by atoms with van der Waals surface area (Å²) in [5.41, 5.74) is 3.02. The molecular formula is C28H27NO5S. The molecule has 3 aromatic carbocycles. The molecule has 1 aromatic heterocycles. The molecule has 4 rings (SSSR count). The maximum Gasteiger partial charge on any atom is 0.348 e. The molecule has 0 bridgehead atoms. The van der Waals surface area contributed by atoms with E-state index in [2.05, 4.69) is 25.2 Å². The van der Waals surface area contributed by atoms with Gasteiger partial charge in [0.25, 0.3) is 5.91 Å². The van der Waals surface area contributed by atoms with E-state index in [0.717, 1.165) is 27.0 Å². The number of para-hydroxylation sites is 1. The highest BCUT2D eigenvalue weighted by Gasteiger charge is 2.15. The van der Waals surface area contributed by atoms with Crippen LogP contribution in [-0.4, -0.2) is 26.1 Å². The number of thiophene rings is 1. The highest BCUT2D eigenvalue weighted by Crippen LogP contribution is 2.30. The fourth-order valence-electron chi connectivity index (χ4n) is 3.80. The molecule has 1 amide bonds. The molecule has 4 aromatic rings. The minimum Gasteiger partial charge on any atom is -0.496 e. The van der Waals surface area contributed by atoms with Gasteiger partial charge >= 0.3 is 5.97 Å². The molecule has 0 atom stereocenters. The lowest BCUT2D eigenvalue weighted by Crippen LogP contribution is -2.13. The Balaban J connectivity index is 1.52. The SMILES string of the molecule is COC(=O)c1cc2cc(NC(=O)c3ccc(OC)c(COc4ccccc4C(C)C)c3)ccc2s1. The molecule has 6 nitrogen and oxygen atoms in total. The van der Waals surface area contributed by atoms with Gasteiger partial charge in [0.2, 0.25) is 0 Å². The second kappa shape index (κ2) is 10.6. The number of ether oxygens (including phenoxy) is 3. The number of benzene rings is 3. The molecule has 0 spiro atoms. The van der Waals surface area contributed by atoms with Crippen LogP contribution in [0.5, 0.6) is 11.5 Å². The van der Waals surface area contributed by atoms with Gasteiger partial charge in [-0.05, 0) is 65.4 Å². The van der Waals surface area contributed by atoms with Gasteiger partial charge in [0.1, 0.15) is 23.0 Å². The molecule has 0 aliphatic heterocycles. The van der Waals surface area contributed by atoms with Crippen molar-refractivity contribution in [3.05, 3.63) is 88.3 Å². The lowest BCUT2D eigenvalue weighted by molar-refractivity contribution is 0.0606. The van der Waals surface area contributed by atoms with Crippen molar-refractivity contribution < 1.29 is 23.8 Å². The van der Waals surface area contributed by atoms with Crippen LogP contribution in [0, 0.1) is 0 Å². The number of methoxy groups -OCH3 is 2. The molecule has 0 saturated heterocycles. The fourth-order valence-corrected chi connectivity index (χ4v) is 4.76. The van der Waals surface area contributed by atoms with Crippen molar-refractivity contribution >= 4 is 39.0 Å². The van der Waals surface area contributed by atoms with Gasteiger partial charge in [0.15, 0.2) is 0 Å². The van der Waals surface area contributed by atoms with Gasteiger partial charge in [0.05, 0.1) is 14.2 Å². The largest absolute Gasteiger partial charge is 0.496 e. The van der Waals surface area contributed by atoms with E-state index in [4.69, 9.17) is 14.2 Å². The zero-order chi connectivity index (χ0) is 24.9. The van der Waals surface area contributed by atoms with E-state index in [-0.39, 0.29) is 18.5 Å². The number of esters is 1. The van der Waals surface area contributed by atoms with Gasteiger partial charge in [-0.2, -0.15) is 0 Å². The summed E-state index contributed by atoms with van der Waals surface area (Å²) >= 11 is 1.35. The van der Waals surface area contributed by atoms with Crippen LogP contribution in [0.3, 0.4) is 0 Å². The van der Waals surface area contributed by atoms with Crippen molar-refractivity contribution in [1.82, 2.24) is 0 Å². The summed E-state index contributed by atoms with van der Waals surface area (Å²) < 4.78 is 17.3. The smallest absolute Gasteiger partial charge is 0.348 e. The van der Waals surface area contributed by atoms with Gasteiger partial charge < -0.3 is 19.5 Å². The molecule has 0 fully saturated rings. The van der Waals surface area contributed by atoms with Gasteiger partial charge in [0, 0.05) is 21.5 Å². The average molecular weight is 490 g/mol. The molecule has 0 radical (unpaired) electrons. The molecule has 0 unspecified atom stereocenters. The van der Waals surface area contributed by atoms with Crippen LogP contribution < -0.4 is 14.8 Å². The molecule has 1 N–H and O–H groups in total.